The highest BCUT2D eigenvalue weighted by Gasteiger charge is 2.36. The van der Waals surface area contributed by atoms with Gasteiger partial charge in [-0.05, 0) is 105 Å². The molecule has 0 saturated heterocycles. The number of furan rings is 1. The van der Waals surface area contributed by atoms with Crippen LogP contribution >= 0.6 is 0 Å². The van der Waals surface area contributed by atoms with E-state index in [9.17, 15) is 0 Å². The highest BCUT2D eigenvalue weighted by atomic mass is 16.3. The average Bonchev–Trinajstić information content (AvgIpc) is 3.90. The SMILES string of the molecule is CC1(C)c2ccccc2-c2ccc(N(c3ccccc3)c3ccc4c(c3)c3c(-c5ccccc5)cc5ccccc5c3n4-c3cccc4oc5ccccc5c34)cc21. The predicted molar refractivity (Wildman–Crippen MR) is 243 cm³/mol. The molecule has 0 amide bonds. The number of hydrogen-bond acceptors (Lipinski definition) is 2. The lowest BCUT2D eigenvalue weighted by atomic mass is 9.82. The highest BCUT2D eigenvalue weighted by Crippen LogP contribution is 2.51. The molecule has 11 aromatic rings. The molecule has 9 aromatic carbocycles. The number of fused-ring (bicyclic) bond motifs is 11. The van der Waals surface area contributed by atoms with Crippen molar-refractivity contribution >= 4 is 71.6 Å². The lowest BCUT2D eigenvalue weighted by Gasteiger charge is -2.28. The van der Waals surface area contributed by atoms with Crippen molar-refractivity contribution in [1.82, 2.24) is 4.57 Å². The molecule has 0 saturated carbocycles. The Balaban J connectivity index is 1.19. The molecular formula is C55H38N2O. The van der Waals surface area contributed by atoms with Crippen LogP contribution in [0, 0.1) is 0 Å². The van der Waals surface area contributed by atoms with Gasteiger partial charge in [-0.3, -0.25) is 0 Å². The average molecular weight is 743 g/mol. The second-order valence-electron chi connectivity index (χ2n) is 16.1. The van der Waals surface area contributed by atoms with Crippen LogP contribution in [0.4, 0.5) is 17.1 Å². The van der Waals surface area contributed by atoms with Gasteiger partial charge in [-0.1, -0.05) is 141 Å². The maximum atomic E-state index is 6.49. The van der Waals surface area contributed by atoms with E-state index in [1.165, 1.54) is 60.4 Å². The van der Waals surface area contributed by atoms with Gasteiger partial charge < -0.3 is 13.9 Å². The van der Waals surface area contributed by atoms with Gasteiger partial charge in [0.25, 0.3) is 0 Å². The Morgan fingerprint density at radius 3 is 1.98 bits per heavy atom. The minimum Gasteiger partial charge on any atom is -0.456 e. The zero-order valence-corrected chi connectivity index (χ0v) is 32.3. The third-order valence-corrected chi connectivity index (χ3v) is 12.5. The van der Waals surface area contributed by atoms with Crippen molar-refractivity contribution in [3.05, 3.63) is 205 Å². The van der Waals surface area contributed by atoms with Crippen molar-refractivity contribution < 1.29 is 4.42 Å². The van der Waals surface area contributed by atoms with Crippen LogP contribution in [-0.2, 0) is 5.41 Å². The van der Waals surface area contributed by atoms with Crippen molar-refractivity contribution in [2.24, 2.45) is 0 Å². The monoisotopic (exact) mass is 742 g/mol. The molecule has 0 aliphatic heterocycles. The van der Waals surface area contributed by atoms with Crippen LogP contribution in [0.1, 0.15) is 25.0 Å². The second kappa shape index (κ2) is 12.3. The first-order valence-electron chi connectivity index (χ1n) is 20.1. The van der Waals surface area contributed by atoms with Gasteiger partial charge in [0.05, 0.1) is 22.1 Å². The number of nitrogens with zero attached hydrogens (tertiary/aromatic N) is 2. The van der Waals surface area contributed by atoms with Gasteiger partial charge in [0, 0.05) is 44.0 Å². The van der Waals surface area contributed by atoms with Gasteiger partial charge in [-0.15, -0.1) is 0 Å². The summed E-state index contributed by atoms with van der Waals surface area (Å²) >= 11 is 0. The fraction of sp³-hybridized carbons (Fsp3) is 0.0545. The molecule has 12 rings (SSSR count). The molecule has 1 aliphatic rings. The summed E-state index contributed by atoms with van der Waals surface area (Å²) in [6.45, 7) is 4.71. The third kappa shape index (κ3) is 4.68. The predicted octanol–water partition coefficient (Wildman–Crippen LogP) is 15.3. The first-order chi connectivity index (χ1) is 28.5. The van der Waals surface area contributed by atoms with Gasteiger partial charge in [0.2, 0.25) is 0 Å². The number of benzene rings is 9. The van der Waals surface area contributed by atoms with Crippen LogP contribution in [0.3, 0.4) is 0 Å². The largest absolute Gasteiger partial charge is 0.456 e. The Hall–Kier alpha value is -7.36. The van der Waals surface area contributed by atoms with E-state index in [1.807, 2.05) is 6.07 Å². The standard InChI is InChI=1S/C55H38N2O/c1-55(2)46-24-13-11-22-41(46)42-30-28-39(34-47(42)55)56(37-19-7-4-8-20-37)38-29-31-48-45(33-38)52-44(35-16-5-3-6-17-35)32-36-18-9-10-21-40(36)54(52)57(48)49-25-15-27-51-53(49)43-23-12-14-26-50(43)58-51/h3-34H,1-2H3. The molecule has 58 heavy (non-hydrogen) atoms. The molecule has 0 unspecified atom stereocenters. The van der Waals surface area contributed by atoms with Gasteiger partial charge in [-0.25, -0.2) is 0 Å². The number of rotatable bonds is 5. The summed E-state index contributed by atoms with van der Waals surface area (Å²) in [6.07, 6.45) is 0. The molecule has 0 spiro atoms. The van der Waals surface area contributed by atoms with Crippen molar-refractivity contribution in [2.45, 2.75) is 19.3 Å². The van der Waals surface area contributed by atoms with Crippen LogP contribution in [0.5, 0.6) is 0 Å². The van der Waals surface area contributed by atoms with Crippen LogP contribution in [-0.4, -0.2) is 4.57 Å². The van der Waals surface area contributed by atoms with Crippen LogP contribution < -0.4 is 4.90 Å². The van der Waals surface area contributed by atoms with E-state index in [0.717, 1.165) is 50.2 Å². The van der Waals surface area contributed by atoms with Crippen molar-refractivity contribution in [3.63, 3.8) is 0 Å². The molecule has 3 heteroatoms. The first-order valence-corrected chi connectivity index (χ1v) is 20.1. The molecule has 3 nitrogen and oxygen atoms in total. The van der Waals surface area contributed by atoms with Crippen molar-refractivity contribution in [3.8, 4) is 27.9 Å². The molecule has 0 N–H and O–H groups in total. The first kappa shape index (κ1) is 32.8. The van der Waals surface area contributed by atoms with Crippen molar-refractivity contribution in [1.29, 1.82) is 0 Å². The molecule has 2 aromatic heterocycles. The Morgan fingerprint density at radius 1 is 0.448 bits per heavy atom. The summed E-state index contributed by atoms with van der Waals surface area (Å²) in [5, 5.41) is 7.06. The van der Waals surface area contributed by atoms with Crippen LogP contribution in [0.15, 0.2) is 199 Å². The smallest absolute Gasteiger partial charge is 0.137 e. The maximum absolute atomic E-state index is 6.49. The quantitative estimate of drug-likeness (QED) is 0.175. The normalized spacial score (nSPS) is 13.1. The minimum absolute atomic E-state index is 0.119. The van der Waals surface area contributed by atoms with Crippen LogP contribution in [0.2, 0.25) is 0 Å². The van der Waals surface area contributed by atoms with Gasteiger partial charge in [0.15, 0.2) is 0 Å². The molecule has 2 heterocycles. The van der Waals surface area contributed by atoms with E-state index in [-0.39, 0.29) is 5.41 Å². The van der Waals surface area contributed by atoms with Gasteiger partial charge in [-0.2, -0.15) is 0 Å². The number of hydrogen-bond donors (Lipinski definition) is 0. The Bertz CT molecular complexity index is 3430. The lowest BCUT2D eigenvalue weighted by Crippen LogP contribution is -2.16. The number of para-hydroxylation sites is 2. The second-order valence-corrected chi connectivity index (χ2v) is 16.1. The number of aromatic nitrogens is 1. The molecule has 0 bridgehead atoms. The molecule has 274 valence electrons. The molecule has 0 atom stereocenters. The molecular weight excluding hydrogens is 705 g/mol. The fourth-order valence-electron chi connectivity index (χ4n) is 9.91. The topological polar surface area (TPSA) is 21.3 Å². The zero-order valence-electron chi connectivity index (χ0n) is 32.3. The third-order valence-electron chi connectivity index (χ3n) is 12.5. The summed E-state index contributed by atoms with van der Waals surface area (Å²) in [7, 11) is 0. The van der Waals surface area contributed by atoms with Gasteiger partial charge in [0.1, 0.15) is 11.2 Å². The van der Waals surface area contributed by atoms with E-state index in [0.29, 0.717) is 0 Å². The maximum Gasteiger partial charge on any atom is 0.137 e. The van der Waals surface area contributed by atoms with E-state index < -0.39 is 0 Å². The fourth-order valence-corrected chi connectivity index (χ4v) is 9.91. The summed E-state index contributed by atoms with van der Waals surface area (Å²) in [6, 6.07) is 70.7. The van der Waals surface area contributed by atoms with E-state index in [4.69, 9.17) is 4.42 Å². The highest BCUT2D eigenvalue weighted by molar-refractivity contribution is 6.25. The summed E-state index contributed by atoms with van der Waals surface area (Å²) < 4.78 is 8.99. The van der Waals surface area contributed by atoms with E-state index in [1.54, 1.807) is 0 Å². The molecule has 0 radical (unpaired) electrons. The Labute approximate surface area is 336 Å². The molecule has 1 aliphatic carbocycles. The summed E-state index contributed by atoms with van der Waals surface area (Å²) in [5.41, 5.74) is 16.2. The molecule has 0 fully saturated rings. The summed E-state index contributed by atoms with van der Waals surface area (Å²) in [5.74, 6) is 0. The van der Waals surface area contributed by atoms with Crippen LogP contribution in [0.25, 0.3) is 82.5 Å². The van der Waals surface area contributed by atoms with E-state index >= 15 is 0 Å². The lowest BCUT2D eigenvalue weighted by molar-refractivity contribution is 0.660. The number of anilines is 3. The zero-order chi connectivity index (χ0) is 38.5. The van der Waals surface area contributed by atoms with Gasteiger partial charge >= 0.3 is 0 Å². The summed E-state index contributed by atoms with van der Waals surface area (Å²) in [4.78, 5) is 2.43. The van der Waals surface area contributed by atoms with E-state index in [2.05, 4.69) is 211 Å². The van der Waals surface area contributed by atoms with Crippen molar-refractivity contribution in [2.75, 3.05) is 4.90 Å². The Morgan fingerprint density at radius 2 is 1.12 bits per heavy atom. The Kier molecular flexibility index (Phi) is 6.98. The minimum atomic E-state index is -0.119.